The van der Waals surface area contributed by atoms with Gasteiger partial charge in [0, 0.05) is 11.4 Å². The van der Waals surface area contributed by atoms with Gasteiger partial charge < -0.3 is 10.1 Å². The third kappa shape index (κ3) is 5.29. The summed E-state index contributed by atoms with van der Waals surface area (Å²) < 4.78 is 5.59. The quantitative estimate of drug-likeness (QED) is 0.808. The van der Waals surface area contributed by atoms with Crippen molar-refractivity contribution in [2.45, 2.75) is 32.7 Å². The fourth-order valence-corrected chi connectivity index (χ4v) is 2.63. The van der Waals surface area contributed by atoms with E-state index in [2.05, 4.69) is 5.32 Å². The van der Waals surface area contributed by atoms with Gasteiger partial charge in [-0.1, -0.05) is 41.9 Å². The second-order valence-corrected chi connectivity index (χ2v) is 5.82. The second kappa shape index (κ2) is 8.59. The highest BCUT2D eigenvalue weighted by molar-refractivity contribution is 6.30. The highest BCUT2D eigenvalue weighted by atomic mass is 35.5. The standard InChI is InChI=1S/C19H22ClNO2/c1-3-23-18-10-5-4-7-15(18)11-12-19(22)21-14(2)16-8-6-9-17(20)13-16/h4-10,13-14H,3,11-12H2,1-2H3,(H,21,22). The lowest BCUT2D eigenvalue weighted by atomic mass is 10.1. The Morgan fingerprint density at radius 1 is 1.22 bits per heavy atom. The van der Waals surface area contributed by atoms with E-state index in [1.165, 1.54) is 0 Å². The van der Waals surface area contributed by atoms with Gasteiger partial charge in [0.2, 0.25) is 5.91 Å². The number of ether oxygens (including phenoxy) is 1. The molecule has 122 valence electrons. The molecule has 4 heteroatoms. The van der Waals surface area contributed by atoms with E-state index >= 15 is 0 Å². The molecule has 23 heavy (non-hydrogen) atoms. The van der Waals surface area contributed by atoms with Crippen molar-refractivity contribution in [1.29, 1.82) is 0 Å². The molecule has 0 fully saturated rings. The number of carbonyl (C=O) groups excluding carboxylic acids is 1. The highest BCUT2D eigenvalue weighted by Crippen LogP contribution is 2.20. The summed E-state index contributed by atoms with van der Waals surface area (Å²) in [4.78, 5) is 12.2. The van der Waals surface area contributed by atoms with Crippen LogP contribution in [0.25, 0.3) is 0 Å². The first-order chi connectivity index (χ1) is 11.1. The third-order valence-corrected chi connectivity index (χ3v) is 3.86. The summed E-state index contributed by atoms with van der Waals surface area (Å²) in [5, 5.41) is 3.68. The van der Waals surface area contributed by atoms with Gasteiger partial charge >= 0.3 is 0 Å². The van der Waals surface area contributed by atoms with Crippen LogP contribution in [0.4, 0.5) is 0 Å². The molecule has 0 aliphatic carbocycles. The number of nitrogens with one attached hydrogen (secondary N) is 1. The van der Waals surface area contributed by atoms with E-state index in [1.54, 1.807) is 0 Å². The van der Waals surface area contributed by atoms with Gasteiger partial charge in [-0.25, -0.2) is 0 Å². The number of hydrogen-bond acceptors (Lipinski definition) is 2. The molecule has 1 atom stereocenters. The lowest BCUT2D eigenvalue weighted by Gasteiger charge is -2.15. The molecule has 0 aromatic heterocycles. The molecule has 0 saturated carbocycles. The molecule has 2 aromatic rings. The van der Waals surface area contributed by atoms with Gasteiger partial charge in [-0.05, 0) is 49.6 Å². The molecule has 2 rings (SSSR count). The van der Waals surface area contributed by atoms with Crippen LogP contribution in [-0.4, -0.2) is 12.5 Å². The van der Waals surface area contributed by atoms with Crippen molar-refractivity contribution in [1.82, 2.24) is 5.32 Å². The summed E-state index contributed by atoms with van der Waals surface area (Å²) in [6.45, 7) is 4.53. The number of amides is 1. The average molecular weight is 332 g/mol. The van der Waals surface area contributed by atoms with Crippen LogP contribution < -0.4 is 10.1 Å². The van der Waals surface area contributed by atoms with Crippen LogP contribution in [0.3, 0.4) is 0 Å². The Morgan fingerprint density at radius 3 is 2.74 bits per heavy atom. The Hall–Kier alpha value is -2.00. The number of benzene rings is 2. The van der Waals surface area contributed by atoms with Crippen LogP contribution in [0.15, 0.2) is 48.5 Å². The van der Waals surface area contributed by atoms with E-state index in [0.29, 0.717) is 24.5 Å². The van der Waals surface area contributed by atoms with E-state index in [1.807, 2.05) is 62.4 Å². The van der Waals surface area contributed by atoms with Gasteiger partial charge in [0.25, 0.3) is 0 Å². The van der Waals surface area contributed by atoms with Crippen molar-refractivity contribution in [2.24, 2.45) is 0 Å². The third-order valence-electron chi connectivity index (χ3n) is 3.62. The van der Waals surface area contributed by atoms with Gasteiger partial charge in [-0.3, -0.25) is 4.79 Å². The Labute approximate surface area is 142 Å². The molecule has 1 amide bonds. The number of carbonyl (C=O) groups is 1. The first-order valence-electron chi connectivity index (χ1n) is 7.85. The average Bonchev–Trinajstić information content (AvgIpc) is 2.54. The summed E-state index contributed by atoms with van der Waals surface area (Å²) in [5.74, 6) is 0.870. The maximum atomic E-state index is 12.2. The molecule has 0 radical (unpaired) electrons. The summed E-state index contributed by atoms with van der Waals surface area (Å²) in [6, 6.07) is 15.3. The zero-order valence-electron chi connectivity index (χ0n) is 13.5. The fraction of sp³-hybridized carbons (Fsp3) is 0.316. The minimum atomic E-state index is -0.0664. The van der Waals surface area contributed by atoms with Crippen molar-refractivity contribution >= 4 is 17.5 Å². The molecular weight excluding hydrogens is 310 g/mol. The SMILES string of the molecule is CCOc1ccccc1CCC(=O)NC(C)c1cccc(Cl)c1. The van der Waals surface area contributed by atoms with Crippen molar-refractivity contribution in [3.63, 3.8) is 0 Å². The summed E-state index contributed by atoms with van der Waals surface area (Å²) in [6.07, 6.45) is 1.08. The van der Waals surface area contributed by atoms with E-state index in [4.69, 9.17) is 16.3 Å². The number of halogens is 1. The van der Waals surface area contributed by atoms with Crippen molar-refractivity contribution in [3.05, 3.63) is 64.7 Å². The lowest BCUT2D eigenvalue weighted by Crippen LogP contribution is -2.26. The van der Waals surface area contributed by atoms with Crippen molar-refractivity contribution < 1.29 is 9.53 Å². The zero-order chi connectivity index (χ0) is 16.7. The van der Waals surface area contributed by atoms with Gasteiger partial charge in [0.15, 0.2) is 0 Å². The normalized spacial score (nSPS) is 11.8. The maximum absolute atomic E-state index is 12.2. The smallest absolute Gasteiger partial charge is 0.220 e. The first-order valence-corrected chi connectivity index (χ1v) is 8.23. The maximum Gasteiger partial charge on any atom is 0.220 e. The Morgan fingerprint density at radius 2 is 2.00 bits per heavy atom. The van der Waals surface area contributed by atoms with Gasteiger partial charge in [0.05, 0.1) is 12.6 Å². The first kappa shape index (κ1) is 17.4. The molecule has 3 nitrogen and oxygen atoms in total. The Kier molecular flexibility index (Phi) is 6.48. The van der Waals surface area contributed by atoms with Crippen LogP contribution in [-0.2, 0) is 11.2 Å². The van der Waals surface area contributed by atoms with Gasteiger partial charge in [-0.2, -0.15) is 0 Å². The van der Waals surface area contributed by atoms with Crippen molar-refractivity contribution in [3.8, 4) is 5.75 Å². The van der Waals surface area contributed by atoms with Gasteiger partial charge in [0.1, 0.15) is 5.75 Å². The monoisotopic (exact) mass is 331 g/mol. The van der Waals surface area contributed by atoms with E-state index < -0.39 is 0 Å². The van der Waals surface area contributed by atoms with E-state index in [0.717, 1.165) is 16.9 Å². The Balaban J connectivity index is 1.90. The molecule has 1 N–H and O–H groups in total. The molecule has 0 saturated heterocycles. The van der Waals surface area contributed by atoms with Crippen LogP contribution in [0.5, 0.6) is 5.75 Å². The lowest BCUT2D eigenvalue weighted by molar-refractivity contribution is -0.121. The molecule has 0 bridgehead atoms. The van der Waals surface area contributed by atoms with Crippen LogP contribution in [0.2, 0.25) is 5.02 Å². The molecule has 0 aliphatic heterocycles. The molecule has 2 aromatic carbocycles. The number of hydrogen-bond donors (Lipinski definition) is 1. The molecular formula is C19H22ClNO2. The zero-order valence-corrected chi connectivity index (χ0v) is 14.3. The number of rotatable bonds is 7. The number of aryl methyl sites for hydroxylation is 1. The molecule has 0 heterocycles. The summed E-state index contributed by atoms with van der Waals surface area (Å²) in [7, 11) is 0. The predicted octanol–water partition coefficient (Wildman–Crippen LogP) is 4.55. The van der Waals surface area contributed by atoms with Crippen LogP contribution in [0.1, 0.15) is 37.4 Å². The van der Waals surface area contributed by atoms with Crippen LogP contribution >= 0.6 is 11.6 Å². The topological polar surface area (TPSA) is 38.3 Å². The number of para-hydroxylation sites is 1. The highest BCUT2D eigenvalue weighted by Gasteiger charge is 2.11. The Bertz CT molecular complexity index is 657. The van der Waals surface area contributed by atoms with E-state index in [-0.39, 0.29) is 11.9 Å². The summed E-state index contributed by atoms with van der Waals surface area (Å²) in [5.41, 5.74) is 2.06. The fourth-order valence-electron chi connectivity index (χ4n) is 2.43. The van der Waals surface area contributed by atoms with Crippen LogP contribution in [0, 0.1) is 0 Å². The minimum absolute atomic E-state index is 0.0174. The molecule has 0 spiro atoms. The predicted molar refractivity (Wildman–Crippen MR) is 93.9 cm³/mol. The summed E-state index contributed by atoms with van der Waals surface area (Å²) >= 11 is 5.99. The second-order valence-electron chi connectivity index (χ2n) is 5.38. The molecule has 1 unspecified atom stereocenters. The largest absolute Gasteiger partial charge is 0.494 e. The van der Waals surface area contributed by atoms with Crippen molar-refractivity contribution in [2.75, 3.05) is 6.61 Å². The van der Waals surface area contributed by atoms with E-state index in [9.17, 15) is 4.79 Å². The molecule has 0 aliphatic rings. The van der Waals surface area contributed by atoms with Gasteiger partial charge in [-0.15, -0.1) is 0 Å². The minimum Gasteiger partial charge on any atom is -0.494 e.